The third-order valence-corrected chi connectivity index (χ3v) is 3.23. The third kappa shape index (κ3) is 4.33. The van der Waals surface area contributed by atoms with Gasteiger partial charge in [-0.25, -0.2) is 4.79 Å². The maximum absolute atomic E-state index is 11.7. The Kier molecular flexibility index (Phi) is 6.53. The highest BCUT2D eigenvalue weighted by atomic mass is 16.5. The molecule has 0 heterocycles. The van der Waals surface area contributed by atoms with Gasteiger partial charge in [-0.05, 0) is 25.1 Å². The largest absolute Gasteiger partial charge is 0.465 e. The number of hydrogen-bond acceptors (Lipinski definition) is 4. The van der Waals surface area contributed by atoms with Crippen LogP contribution in [0.1, 0.15) is 29.8 Å². The quantitative estimate of drug-likeness (QED) is 0.709. The van der Waals surface area contributed by atoms with Crippen LogP contribution in [0.15, 0.2) is 24.3 Å². The molecule has 1 atom stereocenters. The predicted molar refractivity (Wildman–Crippen MR) is 75.2 cm³/mol. The molecular weight excluding hydrogens is 242 g/mol. The van der Waals surface area contributed by atoms with E-state index < -0.39 is 0 Å². The number of methoxy groups -OCH3 is 2. The molecule has 1 rings (SSSR count). The van der Waals surface area contributed by atoms with E-state index in [0.29, 0.717) is 24.8 Å². The molecular formula is C15H23NO3. The molecule has 0 N–H and O–H groups in total. The maximum atomic E-state index is 11.7. The average Bonchev–Trinajstić information content (AvgIpc) is 2.44. The summed E-state index contributed by atoms with van der Waals surface area (Å²) in [5.74, 6) is -0.286. The first-order chi connectivity index (χ1) is 9.13. The zero-order valence-corrected chi connectivity index (χ0v) is 12.2. The molecule has 4 nitrogen and oxygen atoms in total. The predicted octanol–water partition coefficient (Wildman–Crippen LogP) is 2.33. The van der Waals surface area contributed by atoms with E-state index in [1.54, 1.807) is 13.2 Å². The third-order valence-electron chi connectivity index (χ3n) is 3.23. The summed E-state index contributed by atoms with van der Waals surface area (Å²) in [7, 11) is 3.11. The molecule has 0 saturated carbocycles. The number of esters is 1. The molecule has 4 heteroatoms. The molecule has 0 bridgehead atoms. The molecule has 0 spiro atoms. The second-order valence-corrected chi connectivity index (χ2v) is 4.52. The monoisotopic (exact) mass is 265 g/mol. The Morgan fingerprint density at radius 1 is 1.32 bits per heavy atom. The first kappa shape index (κ1) is 15.7. The van der Waals surface area contributed by atoms with E-state index >= 15 is 0 Å². The second-order valence-electron chi connectivity index (χ2n) is 4.52. The molecule has 106 valence electrons. The van der Waals surface area contributed by atoms with Gasteiger partial charge in [0.25, 0.3) is 0 Å². The van der Waals surface area contributed by atoms with Gasteiger partial charge >= 0.3 is 5.97 Å². The van der Waals surface area contributed by atoms with E-state index in [4.69, 9.17) is 9.47 Å². The fraction of sp³-hybridized carbons (Fsp3) is 0.533. The number of hydrogen-bond donors (Lipinski definition) is 0. The van der Waals surface area contributed by atoms with Crippen molar-refractivity contribution in [1.82, 2.24) is 4.90 Å². The Bertz CT molecular complexity index is 406. The molecule has 0 amide bonds. The van der Waals surface area contributed by atoms with Gasteiger partial charge in [-0.15, -0.1) is 0 Å². The van der Waals surface area contributed by atoms with Crippen molar-refractivity contribution in [3.05, 3.63) is 35.4 Å². The van der Waals surface area contributed by atoms with Crippen LogP contribution in [0, 0.1) is 0 Å². The molecule has 19 heavy (non-hydrogen) atoms. The van der Waals surface area contributed by atoms with Crippen LogP contribution in [0.2, 0.25) is 0 Å². The van der Waals surface area contributed by atoms with Crippen LogP contribution in [0.25, 0.3) is 0 Å². The molecule has 0 radical (unpaired) electrons. The number of ether oxygens (including phenoxy) is 2. The van der Waals surface area contributed by atoms with Crippen molar-refractivity contribution in [1.29, 1.82) is 0 Å². The fourth-order valence-corrected chi connectivity index (χ4v) is 2.11. The van der Waals surface area contributed by atoms with Crippen LogP contribution in [0.5, 0.6) is 0 Å². The molecule has 1 aromatic rings. The van der Waals surface area contributed by atoms with Crippen molar-refractivity contribution in [2.75, 3.05) is 27.4 Å². The van der Waals surface area contributed by atoms with E-state index in [1.807, 2.05) is 18.2 Å². The summed E-state index contributed by atoms with van der Waals surface area (Å²) in [4.78, 5) is 14.0. The smallest absolute Gasteiger partial charge is 0.338 e. The number of nitrogens with zero attached hydrogens (tertiary/aromatic N) is 1. The summed E-state index contributed by atoms with van der Waals surface area (Å²) in [6.45, 7) is 6.52. The van der Waals surface area contributed by atoms with Gasteiger partial charge in [-0.2, -0.15) is 0 Å². The lowest BCUT2D eigenvalue weighted by molar-refractivity contribution is 0.0595. The minimum absolute atomic E-state index is 0.286. The standard InChI is InChI=1S/C15H23NO3/c1-5-16(12(2)11-18-3)10-13-8-6-7-9-14(13)15(17)19-4/h6-9,12H,5,10-11H2,1-4H3. The van der Waals surface area contributed by atoms with E-state index in [1.165, 1.54) is 7.11 Å². The van der Waals surface area contributed by atoms with Crippen LogP contribution in [0.4, 0.5) is 0 Å². The van der Waals surface area contributed by atoms with Gasteiger partial charge in [0.1, 0.15) is 0 Å². The Balaban J connectivity index is 2.88. The number of carbonyl (C=O) groups is 1. The van der Waals surface area contributed by atoms with Crippen LogP contribution >= 0.6 is 0 Å². The Morgan fingerprint density at radius 3 is 2.58 bits per heavy atom. The van der Waals surface area contributed by atoms with Crippen molar-refractivity contribution in [2.45, 2.75) is 26.4 Å². The molecule has 0 aliphatic rings. The summed E-state index contributed by atoms with van der Waals surface area (Å²) in [5, 5.41) is 0. The maximum Gasteiger partial charge on any atom is 0.338 e. The summed E-state index contributed by atoms with van der Waals surface area (Å²) in [6, 6.07) is 7.87. The number of carbonyl (C=O) groups excluding carboxylic acids is 1. The van der Waals surface area contributed by atoms with E-state index in [2.05, 4.69) is 18.7 Å². The van der Waals surface area contributed by atoms with Crippen LogP contribution < -0.4 is 0 Å². The molecule has 1 aromatic carbocycles. The molecule has 0 aromatic heterocycles. The molecule has 0 aliphatic carbocycles. The Hall–Kier alpha value is -1.39. The van der Waals surface area contributed by atoms with E-state index in [-0.39, 0.29) is 5.97 Å². The zero-order valence-electron chi connectivity index (χ0n) is 12.2. The number of rotatable bonds is 7. The molecule has 0 saturated heterocycles. The van der Waals surface area contributed by atoms with E-state index in [9.17, 15) is 4.79 Å². The molecule has 1 unspecified atom stereocenters. The highest BCUT2D eigenvalue weighted by molar-refractivity contribution is 5.90. The van der Waals surface area contributed by atoms with Gasteiger partial charge in [-0.1, -0.05) is 25.1 Å². The highest BCUT2D eigenvalue weighted by Gasteiger charge is 2.16. The summed E-state index contributed by atoms with van der Waals surface area (Å²) >= 11 is 0. The number of likely N-dealkylation sites (N-methyl/N-ethyl adjacent to an activating group) is 1. The van der Waals surface area contributed by atoms with Gasteiger partial charge in [0, 0.05) is 19.7 Å². The topological polar surface area (TPSA) is 38.8 Å². The van der Waals surface area contributed by atoms with Gasteiger partial charge in [0.15, 0.2) is 0 Å². The lowest BCUT2D eigenvalue weighted by Crippen LogP contribution is -2.36. The molecule has 0 fully saturated rings. The van der Waals surface area contributed by atoms with E-state index in [0.717, 1.165) is 12.1 Å². The lowest BCUT2D eigenvalue weighted by Gasteiger charge is -2.27. The second kappa shape index (κ2) is 7.92. The zero-order chi connectivity index (χ0) is 14.3. The summed E-state index contributed by atoms with van der Waals surface area (Å²) < 4.78 is 10.0. The normalized spacial score (nSPS) is 12.5. The number of benzene rings is 1. The van der Waals surface area contributed by atoms with Crippen LogP contribution in [-0.4, -0.2) is 44.3 Å². The van der Waals surface area contributed by atoms with Crippen LogP contribution in [-0.2, 0) is 16.0 Å². The van der Waals surface area contributed by atoms with Crippen molar-refractivity contribution >= 4 is 5.97 Å². The van der Waals surface area contributed by atoms with Crippen molar-refractivity contribution in [3.63, 3.8) is 0 Å². The molecule has 0 aliphatic heterocycles. The van der Waals surface area contributed by atoms with Crippen molar-refractivity contribution < 1.29 is 14.3 Å². The summed E-state index contributed by atoms with van der Waals surface area (Å²) in [5.41, 5.74) is 1.62. The minimum atomic E-state index is -0.286. The summed E-state index contributed by atoms with van der Waals surface area (Å²) in [6.07, 6.45) is 0. The fourth-order valence-electron chi connectivity index (χ4n) is 2.11. The SMILES string of the molecule is CCN(Cc1ccccc1C(=O)OC)C(C)COC. The van der Waals surface area contributed by atoms with Gasteiger partial charge < -0.3 is 9.47 Å². The van der Waals surface area contributed by atoms with Crippen LogP contribution in [0.3, 0.4) is 0 Å². The highest BCUT2D eigenvalue weighted by Crippen LogP contribution is 2.14. The lowest BCUT2D eigenvalue weighted by atomic mass is 10.1. The van der Waals surface area contributed by atoms with Crippen molar-refractivity contribution in [2.24, 2.45) is 0 Å². The van der Waals surface area contributed by atoms with Gasteiger partial charge in [0.05, 0.1) is 19.3 Å². The van der Waals surface area contributed by atoms with Crippen molar-refractivity contribution in [3.8, 4) is 0 Å². The average molecular weight is 265 g/mol. The Morgan fingerprint density at radius 2 is 2.00 bits per heavy atom. The van der Waals surface area contributed by atoms with Gasteiger partial charge in [-0.3, -0.25) is 4.90 Å². The van der Waals surface area contributed by atoms with Gasteiger partial charge in [0.2, 0.25) is 0 Å². The Labute approximate surface area is 115 Å². The minimum Gasteiger partial charge on any atom is -0.465 e. The first-order valence-electron chi connectivity index (χ1n) is 6.53. The first-order valence-corrected chi connectivity index (χ1v) is 6.53.